The van der Waals surface area contributed by atoms with Gasteiger partial charge in [-0.2, -0.15) is 4.39 Å². The van der Waals surface area contributed by atoms with Gasteiger partial charge in [-0.3, -0.25) is 24.6 Å². The van der Waals surface area contributed by atoms with Crippen molar-refractivity contribution in [1.29, 1.82) is 0 Å². The Bertz CT molecular complexity index is 987. The number of aliphatic hydroxyl groups is 1. The molecule has 2 rings (SSSR count). The van der Waals surface area contributed by atoms with Crippen molar-refractivity contribution in [3.63, 3.8) is 0 Å². The van der Waals surface area contributed by atoms with Gasteiger partial charge in [0.1, 0.15) is 6.04 Å². The van der Waals surface area contributed by atoms with E-state index in [1.807, 2.05) is 30.3 Å². The van der Waals surface area contributed by atoms with Gasteiger partial charge in [-0.15, -0.1) is 0 Å². The van der Waals surface area contributed by atoms with Crippen LogP contribution in [0.15, 0.2) is 48.5 Å². The number of carbonyl (C=O) groups is 2. The number of nitro groups is 1. The molecule has 0 fully saturated rings. The number of likely N-dealkylation sites (N-methyl/N-ethyl adjacent to an activating group) is 1. The molecule has 0 radical (unpaired) electrons. The average Bonchev–Trinajstić information content (AvgIpc) is 2.79. The molecule has 3 N–H and O–H groups in total. The summed E-state index contributed by atoms with van der Waals surface area (Å²) in [5.74, 6) is -2.05. The Kier molecular flexibility index (Phi) is 10.1. The molecule has 0 bridgehead atoms. The second-order valence-corrected chi connectivity index (χ2v) is 8.41. The molecule has 0 spiro atoms. The van der Waals surface area contributed by atoms with Crippen molar-refractivity contribution in [3.05, 3.63) is 75.6 Å². The van der Waals surface area contributed by atoms with Crippen molar-refractivity contribution in [1.82, 2.24) is 15.5 Å². The number of nitrogens with zero attached hydrogens (tertiary/aromatic N) is 2. The molecule has 9 nitrogen and oxygen atoms in total. The maximum Gasteiger partial charge on any atom is 0.304 e. The van der Waals surface area contributed by atoms with Crippen LogP contribution in [0.5, 0.6) is 0 Å². The van der Waals surface area contributed by atoms with Crippen LogP contribution in [0.1, 0.15) is 25.0 Å². The van der Waals surface area contributed by atoms with Crippen LogP contribution in [-0.4, -0.2) is 59.0 Å². The van der Waals surface area contributed by atoms with E-state index in [-0.39, 0.29) is 25.5 Å². The Morgan fingerprint density at radius 1 is 1.12 bits per heavy atom. The first-order valence-corrected chi connectivity index (χ1v) is 11.0. The third kappa shape index (κ3) is 7.60. The van der Waals surface area contributed by atoms with Crippen molar-refractivity contribution in [2.75, 3.05) is 20.2 Å². The van der Waals surface area contributed by atoms with E-state index in [4.69, 9.17) is 5.11 Å². The van der Waals surface area contributed by atoms with Gasteiger partial charge in [-0.1, -0.05) is 50.2 Å². The third-order valence-corrected chi connectivity index (χ3v) is 5.41. The number of hydrogen-bond donors (Lipinski definition) is 3. The largest absolute Gasteiger partial charge is 0.395 e. The molecule has 0 heterocycles. The molecule has 10 heteroatoms. The summed E-state index contributed by atoms with van der Waals surface area (Å²) in [6.45, 7) is 3.84. The highest BCUT2D eigenvalue weighted by atomic mass is 19.1. The first kappa shape index (κ1) is 26.9. The molecule has 0 unspecified atom stereocenters. The highest BCUT2D eigenvalue weighted by Gasteiger charge is 2.30. The number of hydrogen-bond acceptors (Lipinski definition) is 6. The highest BCUT2D eigenvalue weighted by molar-refractivity contribution is 5.90. The van der Waals surface area contributed by atoms with Crippen molar-refractivity contribution < 1.29 is 24.0 Å². The third-order valence-electron chi connectivity index (χ3n) is 5.41. The average molecular weight is 475 g/mol. The van der Waals surface area contributed by atoms with Crippen LogP contribution in [0, 0.1) is 21.8 Å². The zero-order valence-corrected chi connectivity index (χ0v) is 19.5. The first-order valence-electron chi connectivity index (χ1n) is 11.0. The van der Waals surface area contributed by atoms with Gasteiger partial charge in [0.05, 0.1) is 17.6 Å². The fraction of sp³-hybridized carbons (Fsp3) is 0.417. The van der Waals surface area contributed by atoms with Crippen LogP contribution >= 0.6 is 0 Å². The van der Waals surface area contributed by atoms with Crippen molar-refractivity contribution >= 4 is 17.5 Å². The lowest BCUT2D eigenvalue weighted by Gasteiger charge is -2.30. The van der Waals surface area contributed by atoms with Gasteiger partial charge >= 0.3 is 5.69 Å². The van der Waals surface area contributed by atoms with Gasteiger partial charge < -0.3 is 15.7 Å². The summed E-state index contributed by atoms with van der Waals surface area (Å²) < 4.78 is 14.2. The molecule has 34 heavy (non-hydrogen) atoms. The van der Waals surface area contributed by atoms with Crippen molar-refractivity contribution in [3.8, 4) is 0 Å². The minimum Gasteiger partial charge on any atom is -0.395 e. The lowest BCUT2D eigenvalue weighted by atomic mass is 9.99. The fourth-order valence-corrected chi connectivity index (χ4v) is 3.55. The van der Waals surface area contributed by atoms with Gasteiger partial charge in [0, 0.05) is 19.2 Å². The SMILES string of the molecule is CC(C)[C@H](NC(=O)[C@@H](Cc1ccc([N+](=O)[O-])c(F)c1)N(C)Cc1ccccc1)C(=O)NCCO. The number of rotatable bonds is 12. The molecule has 0 aromatic heterocycles. The van der Waals surface area contributed by atoms with Crippen LogP contribution < -0.4 is 10.6 Å². The molecular formula is C24H31FN4O5. The molecule has 0 aliphatic heterocycles. The van der Waals surface area contributed by atoms with E-state index in [9.17, 15) is 24.1 Å². The summed E-state index contributed by atoms with van der Waals surface area (Å²) in [4.78, 5) is 37.8. The summed E-state index contributed by atoms with van der Waals surface area (Å²) in [7, 11) is 1.75. The van der Waals surface area contributed by atoms with Gasteiger partial charge in [-0.25, -0.2) is 0 Å². The Morgan fingerprint density at radius 2 is 1.79 bits per heavy atom. The molecule has 2 aromatic carbocycles. The van der Waals surface area contributed by atoms with Gasteiger partial charge in [0.2, 0.25) is 17.6 Å². The monoisotopic (exact) mass is 474 g/mol. The number of nitro benzene ring substituents is 1. The maximum atomic E-state index is 14.2. The van der Waals surface area contributed by atoms with E-state index in [0.29, 0.717) is 12.1 Å². The Labute approximate surface area is 198 Å². The molecule has 0 saturated heterocycles. The van der Waals surface area contributed by atoms with Gasteiger partial charge in [0.15, 0.2) is 0 Å². The zero-order chi connectivity index (χ0) is 25.3. The van der Waals surface area contributed by atoms with E-state index in [1.54, 1.807) is 25.8 Å². The molecule has 0 saturated carbocycles. The Balaban J connectivity index is 2.29. The summed E-state index contributed by atoms with van der Waals surface area (Å²) in [5.41, 5.74) is 0.732. The maximum absolute atomic E-state index is 14.2. The lowest BCUT2D eigenvalue weighted by molar-refractivity contribution is -0.387. The predicted molar refractivity (Wildman–Crippen MR) is 125 cm³/mol. The number of carbonyl (C=O) groups excluding carboxylic acids is 2. The second kappa shape index (κ2) is 12.8. The minimum atomic E-state index is -0.976. The minimum absolute atomic E-state index is 0.0668. The Hall–Kier alpha value is -3.37. The number of nitrogens with one attached hydrogen (secondary N) is 2. The number of benzene rings is 2. The fourth-order valence-electron chi connectivity index (χ4n) is 3.55. The number of halogens is 1. The topological polar surface area (TPSA) is 125 Å². The van der Waals surface area contributed by atoms with E-state index >= 15 is 0 Å². The van der Waals surface area contributed by atoms with Crippen LogP contribution in [0.25, 0.3) is 0 Å². The summed E-state index contributed by atoms with van der Waals surface area (Å²) in [5, 5.41) is 25.3. The zero-order valence-electron chi connectivity index (χ0n) is 19.5. The van der Waals surface area contributed by atoms with E-state index < -0.39 is 40.3 Å². The highest BCUT2D eigenvalue weighted by Crippen LogP contribution is 2.20. The smallest absolute Gasteiger partial charge is 0.304 e. The molecule has 0 aliphatic rings. The number of aliphatic hydroxyl groups excluding tert-OH is 1. The molecule has 2 amide bonds. The lowest BCUT2D eigenvalue weighted by Crippen LogP contribution is -2.55. The molecule has 2 atom stereocenters. The van der Waals surface area contributed by atoms with E-state index in [2.05, 4.69) is 10.6 Å². The summed E-state index contributed by atoms with van der Waals surface area (Å²) >= 11 is 0. The van der Waals surface area contributed by atoms with Gasteiger partial charge in [0.25, 0.3) is 0 Å². The summed E-state index contributed by atoms with van der Waals surface area (Å²) in [6.07, 6.45) is 0.0765. The van der Waals surface area contributed by atoms with Crippen molar-refractivity contribution in [2.45, 2.75) is 38.9 Å². The number of amides is 2. The van der Waals surface area contributed by atoms with Crippen LogP contribution in [0.4, 0.5) is 10.1 Å². The van der Waals surface area contributed by atoms with Crippen molar-refractivity contribution in [2.24, 2.45) is 5.92 Å². The molecule has 0 aliphatic carbocycles. The van der Waals surface area contributed by atoms with E-state index in [1.165, 1.54) is 6.07 Å². The second-order valence-electron chi connectivity index (χ2n) is 8.41. The Morgan fingerprint density at radius 3 is 2.35 bits per heavy atom. The van der Waals surface area contributed by atoms with Crippen LogP contribution in [0.3, 0.4) is 0 Å². The standard InChI is InChI=1S/C24H31FN4O5/c1-16(2)22(24(32)26-11-12-30)27-23(31)21(28(3)15-17-7-5-4-6-8-17)14-18-9-10-20(29(33)34)19(25)13-18/h4-10,13,16,21-22,30H,11-12,14-15H2,1-3H3,(H,26,32)(H,27,31)/t21-,22+/m1/s1. The van der Waals surface area contributed by atoms with Crippen LogP contribution in [-0.2, 0) is 22.6 Å². The normalized spacial score (nSPS) is 12.9. The first-order chi connectivity index (χ1) is 16.1. The molecule has 2 aromatic rings. The summed E-state index contributed by atoms with van der Waals surface area (Å²) in [6, 6.07) is 11.4. The predicted octanol–water partition coefficient (Wildman–Crippen LogP) is 2.03. The molecule has 184 valence electrons. The molecular weight excluding hydrogens is 443 g/mol. The quantitative estimate of drug-likeness (QED) is 0.319. The van der Waals surface area contributed by atoms with Crippen LogP contribution in [0.2, 0.25) is 0 Å². The van der Waals surface area contributed by atoms with E-state index in [0.717, 1.165) is 17.7 Å². The van der Waals surface area contributed by atoms with Gasteiger partial charge in [-0.05, 0) is 36.6 Å².